The second-order valence-electron chi connectivity index (χ2n) is 3.82. The Kier molecular flexibility index (Phi) is 4.73. The molecule has 0 radical (unpaired) electrons. The Balaban J connectivity index is 1.77. The first-order chi connectivity index (χ1) is 8.75. The van der Waals surface area contributed by atoms with Crippen LogP contribution in [-0.2, 0) is 11.2 Å². The lowest BCUT2D eigenvalue weighted by Gasteiger charge is -2.05. The van der Waals surface area contributed by atoms with Gasteiger partial charge in [0.25, 0.3) is 0 Å². The van der Waals surface area contributed by atoms with Gasteiger partial charge in [0, 0.05) is 17.5 Å². The Morgan fingerprint density at radius 1 is 1.39 bits per heavy atom. The van der Waals surface area contributed by atoms with E-state index in [1.807, 2.05) is 11.4 Å². The molecule has 3 nitrogen and oxygen atoms in total. The molecule has 94 valence electrons. The second-order valence-corrected chi connectivity index (χ2v) is 5.21. The van der Waals surface area contributed by atoms with E-state index >= 15 is 0 Å². The van der Waals surface area contributed by atoms with Crippen LogP contribution in [0.4, 0.5) is 5.69 Å². The van der Waals surface area contributed by atoms with E-state index in [1.54, 1.807) is 29.7 Å². The molecular formula is C13H13ClN2OS. The normalized spacial score (nSPS) is 10.3. The van der Waals surface area contributed by atoms with Crippen LogP contribution >= 0.6 is 22.9 Å². The van der Waals surface area contributed by atoms with Crippen LogP contribution in [0, 0.1) is 0 Å². The third-order valence-corrected chi connectivity index (χ3v) is 3.68. The first kappa shape index (κ1) is 13.1. The molecule has 2 aromatic heterocycles. The Labute approximate surface area is 115 Å². The van der Waals surface area contributed by atoms with Gasteiger partial charge < -0.3 is 5.32 Å². The van der Waals surface area contributed by atoms with E-state index in [1.165, 1.54) is 4.88 Å². The summed E-state index contributed by atoms with van der Waals surface area (Å²) in [5.41, 5.74) is 0.570. The molecule has 0 aliphatic heterocycles. The van der Waals surface area contributed by atoms with Crippen molar-refractivity contribution in [3.63, 3.8) is 0 Å². The highest BCUT2D eigenvalue weighted by Crippen LogP contribution is 2.18. The minimum absolute atomic E-state index is 0.0264. The maximum atomic E-state index is 11.7. The SMILES string of the molecule is O=C(CCCc1cccs1)Nc1cccnc1Cl. The van der Waals surface area contributed by atoms with Crippen LogP contribution in [-0.4, -0.2) is 10.9 Å². The topological polar surface area (TPSA) is 42.0 Å². The van der Waals surface area contributed by atoms with Gasteiger partial charge in [0.05, 0.1) is 5.69 Å². The Morgan fingerprint density at radius 3 is 3.00 bits per heavy atom. The van der Waals surface area contributed by atoms with Gasteiger partial charge in [0.1, 0.15) is 0 Å². The molecule has 0 aromatic carbocycles. The highest BCUT2D eigenvalue weighted by Gasteiger charge is 2.06. The van der Waals surface area contributed by atoms with E-state index in [4.69, 9.17) is 11.6 Å². The third kappa shape index (κ3) is 3.82. The average Bonchev–Trinajstić information content (AvgIpc) is 2.85. The summed E-state index contributed by atoms with van der Waals surface area (Å²) >= 11 is 7.58. The summed E-state index contributed by atoms with van der Waals surface area (Å²) in [6.07, 6.45) is 3.86. The fourth-order valence-corrected chi connectivity index (χ4v) is 2.49. The van der Waals surface area contributed by atoms with Gasteiger partial charge in [0.15, 0.2) is 5.15 Å². The summed E-state index contributed by atoms with van der Waals surface area (Å²) in [5.74, 6) is -0.0264. The van der Waals surface area contributed by atoms with E-state index in [2.05, 4.69) is 16.4 Å². The fraction of sp³-hybridized carbons (Fsp3) is 0.231. The highest BCUT2D eigenvalue weighted by molar-refractivity contribution is 7.09. The number of aromatic nitrogens is 1. The van der Waals surface area contributed by atoms with Crippen LogP contribution in [0.5, 0.6) is 0 Å². The summed E-state index contributed by atoms with van der Waals surface area (Å²) in [6.45, 7) is 0. The van der Waals surface area contributed by atoms with Gasteiger partial charge in [-0.25, -0.2) is 4.98 Å². The molecule has 2 heterocycles. The van der Waals surface area contributed by atoms with E-state index in [9.17, 15) is 4.79 Å². The van der Waals surface area contributed by atoms with Gasteiger partial charge in [-0.1, -0.05) is 17.7 Å². The van der Waals surface area contributed by atoms with Gasteiger partial charge in [-0.05, 0) is 36.4 Å². The number of amides is 1. The second kappa shape index (κ2) is 6.52. The molecule has 0 bridgehead atoms. The number of hydrogen-bond acceptors (Lipinski definition) is 3. The number of carbonyl (C=O) groups excluding carboxylic acids is 1. The number of rotatable bonds is 5. The van der Waals surface area contributed by atoms with Crippen LogP contribution < -0.4 is 5.32 Å². The van der Waals surface area contributed by atoms with E-state index in [-0.39, 0.29) is 5.91 Å². The molecule has 0 aliphatic rings. The molecule has 0 unspecified atom stereocenters. The number of pyridine rings is 1. The van der Waals surface area contributed by atoms with Crippen molar-refractivity contribution in [2.45, 2.75) is 19.3 Å². The van der Waals surface area contributed by atoms with Crippen molar-refractivity contribution in [1.82, 2.24) is 4.98 Å². The predicted molar refractivity (Wildman–Crippen MR) is 75.1 cm³/mol. The molecule has 1 N–H and O–H groups in total. The van der Waals surface area contributed by atoms with Gasteiger partial charge in [0.2, 0.25) is 5.91 Å². The number of anilines is 1. The Morgan fingerprint density at radius 2 is 2.28 bits per heavy atom. The lowest BCUT2D eigenvalue weighted by Crippen LogP contribution is -2.12. The van der Waals surface area contributed by atoms with Crippen LogP contribution in [0.1, 0.15) is 17.7 Å². The standard InChI is InChI=1S/C13H13ClN2OS/c14-13-11(6-2-8-15-13)16-12(17)7-1-4-10-5-3-9-18-10/h2-3,5-6,8-9H,1,4,7H2,(H,16,17). The van der Waals surface area contributed by atoms with Crippen molar-refractivity contribution in [1.29, 1.82) is 0 Å². The molecule has 0 saturated carbocycles. The largest absolute Gasteiger partial charge is 0.323 e. The summed E-state index contributed by atoms with van der Waals surface area (Å²) in [5, 5.41) is 5.13. The average molecular weight is 281 g/mol. The molecule has 0 atom stereocenters. The molecule has 2 aromatic rings. The summed E-state index contributed by atoms with van der Waals surface area (Å²) < 4.78 is 0. The van der Waals surface area contributed by atoms with Crippen molar-refractivity contribution in [2.75, 3.05) is 5.32 Å². The summed E-state index contributed by atoms with van der Waals surface area (Å²) in [7, 11) is 0. The quantitative estimate of drug-likeness (QED) is 0.848. The van der Waals surface area contributed by atoms with Gasteiger partial charge >= 0.3 is 0 Å². The smallest absolute Gasteiger partial charge is 0.224 e. The number of hydrogen-bond donors (Lipinski definition) is 1. The monoisotopic (exact) mass is 280 g/mol. The number of nitrogens with zero attached hydrogens (tertiary/aromatic N) is 1. The van der Waals surface area contributed by atoms with E-state index < -0.39 is 0 Å². The molecule has 18 heavy (non-hydrogen) atoms. The van der Waals surface area contributed by atoms with E-state index in [0.717, 1.165) is 12.8 Å². The molecule has 5 heteroatoms. The fourth-order valence-electron chi connectivity index (χ4n) is 1.57. The number of carbonyl (C=O) groups is 1. The lowest BCUT2D eigenvalue weighted by molar-refractivity contribution is -0.116. The number of nitrogens with one attached hydrogen (secondary N) is 1. The predicted octanol–water partition coefficient (Wildman–Crippen LogP) is 3.76. The first-order valence-corrected chi connectivity index (χ1v) is 6.94. The Hall–Kier alpha value is -1.39. The van der Waals surface area contributed by atoms with Crippen molar-refractivity contribution in [2.24, 2.45) is 0 Å². The van der Waals surface area contributed by atoms with Gasteiger partial charge in [-0.3, -0.25) is 4.79 Å². The zero-order valence-corrected chi connectivity index (χ0v) is 11.3. The maximum Gasteiger partial charge on any atom is 0.224 e. The minimum Gasteiger partial charge on any atom is -0.323 e. The molecule has 0 spiro atoms. The van der Waals surface area contributed by atoms with Crippen molar-refractivity contribution < 1.29 is 4.79 Å². The lowest BCUT2D eigenvalue weighted by atomic mass is 10.2. The van der Waals surface area contributed by atoms with Gasteiger partial charge in [-0.15, -0.1) is 11.3 Å². The number of halogens is 1. The van der Waals surface area contributed by atoms with Crippen LogP contribution in [0.2, 0.25) is 5.15 Å². The zero-order valence-electron chi connectivity index (χ0n) is 9.73. The zero-order chi connectivity index (χ0) is 12.8. The number of thiophene rings is 1. The van der Waals surface area contributed by atoms with Crippen molar-refractivity contribution >= 4 is 34.5 Å². The third-order valence-electron chi connectivity index (χ3n) is 2.44. The maximum absolute atomic E-state index is 11.7. The van der Waals surface area contributed by atoms with Crippen LogP contribution in [0.15, 0.2) is 35.8 Å². The van der Waals surface area contributed by atoms with Crippen molar-refractivity contribution in [3.05, 3.63) is 45.9 Å². The Bertz CT molecular complexity index is 513. The van der Waals surface area contributed by atoms with Crippen molar-refractivity contribution in [3.8, 4) is 0 Å². The molecular weight excluding hydrogens is 268 g/mol. The summed E-state index contributed by atoms with van der Waals surface area (Å²) in [4.78, 5) is 16.9. The molecule has 0 fully saturated rings. The first-order valence-electron chi connectivity index (χ1n) is 5.68. The molecule has 2 rings (SSSR count). The molecule has 1 amide bonds. The van der Waals surface area contributed by atoms with Gasteiger partial charge in [-0.2, -0.15) is 0 Å². The van der Waals surface area contributed by atoms with Crippen LogP contribution in [0.25, 0.3) is 0 Å². The summed E-state index contributed by atoms with van der Waals surface area (Å²) in [6, 6.07) is 7.59. The van der Waals surface area contributed by atoms with Crippen LogP contribution in [0.3, 0.4) is 0 Å². The minimum atomic E-state index is -0.0264. The number of aryl methyl sites for hydroxylation is 1. The molecule has 0 aliphatic carbocycles. The highest BCUT2D eigenvalue weighted by atomic mass is 35.5. The van der Waals surface area contributed by atoms with E-state index in [0.29, 0.717) is 17.3 Å². The molecule has 0 saturated heterocycles.